The predicted molar refractivity (Wildman–Crippen MR) is 87.3 cm³/mol. The van der Waals surface area contributed by atoms with E-state index in [1.54, 1.807) is 0 Å². The van der Waals surface area contributed by atoms with Crippen molar-refractivity contribution >= 4 is 5.91 Å². The first-order valence-corrected chi connectivity index (χ1v) is 8.24. The summed E-state index contributed by atoms with van der Waals surface area (Å²) in [5.74, 6) is 0.812. The van der Waals surface area contributed by atoms with Gasteiger partial charge in [-0.1, -0.05) is 51.0 Å². The molecule has 0 spiro atoms. The molecule has 1 saturated heterocycles. The van der Waals surface area contributed by atoms with Crippen molar-refractivity contribution in [3.63, 3.8) is 0 Å². The Morgan fingerprint density at radius 2 is 1.71 bits per heavy atom. The topological polar surface area (TPSA) is 32.3 Å². The van der Waals surface area contributed by atoms with Crippen molar-refractivity contribution in [1.29, 1.82) is 0 Å². The number of benzene rings is 1. The Morgan fingerprint density at radius 1 is 1.10 bits per heavy atom. The second-order valence-corrected chi connectivity index (χ2v) is 6.29. The Kier molecular flexibility index (Phi) is 6.24. The Labute approximate surface area is 128 Å². The van der Waals surface area contributed by atoms with Gasteiger partial charge < -0.3 is 10.2 Å². The molecule has 116 valence electrons. The maximum atomic E-state index is 12.1. The van der Waals surface area contributed by atoms with E-state index in [0.29, 0.717) is 12.5 Å². The number of nitrogens with one attached hydrogen (secondary N) is 1. The van der Waals surface area contributed by atoms with Crippen molar-refractivity contribution < 1.29 is 4.79 Å². The standard InChI is InChI=1S/C18H28N2O/c1-15(2)17-9-7-16(8-10-17)13-19-14-18(21)20-11-5-3-4-6-12-20/h7-10,15,19H,3-6,11-14H2,1-2H3. The molecular formula is C18H28N2O. The summed E-state index contributed by atoms with van der Waals surface area (Å²) < 4.78 is 0. The first kappa shape index (κ1) is 16.0. The highest BCUT2D eigenvalue weighted by molar-refractivity contribution is 5.78. The van der Waals surface area contributed by atoms with Crippen LogP contribution in [0.3, 0.4) is 0 Å². The lowest BCUT2D eigenvalue weighted by Crippen LogP contribution is -2.38. The third-order valence-electron chi connectivity index (χ3n) is 4.21. The van der Waals surface area contributed by atoms with Crippen LogP contribution >= 0.6 is 0 Å². The Bertz CT molecular complexity index is 431. The fourth-order valence-electron chi connectivity index (χ4n) is 2.77. The molecule has 1 heterocycles. The van der Waals surface area contributed by atoms with E-state index in [4.69, 9.17) is 0 Å². The largest absolute Gasteiger partial charge is 0.342 e. The summed E-state index contributed by atoms with van der Waals surface area (Å²) in [5, 5.41) is 3.28. The van der Waals surface area contributed by atoms with Gasteiger partial charge in [0.1, 0.15) is 0 Å². The van der Waals surface area contributed by atoms with Crippen LogP contribution in [0.25, 0.3) is 0 Å². The van der Waals surface area contributed by atoms with Crippen LogP contribution in [0.15, 0.2) is 24.3 Å². The van der Waals surface area contributed by atoms with Gasteiger partial charge in [0.15, 0.2) is 0 Å². The molecule has 0 aromatic heterocycles. The molecule has 21 heavy (non-hydrogen) atoms. The van der Waals surface area contributed by atoms with Crippen LogP contribution in [-0.4, -0.2) is 30.4 Å². The van der Waals surface area contributed by atoms with Gasteiger partial charge in [-0.3, -0.25) is 4.79 Å². The van der Waals surface area contributed by atoms with Crippen molar-refractivity contribution in [2.45, 2.75) is 52.0 Å². The lowest BCUT2D eigenvalue weighted by molar-refractivity contribution is -0.130. The summed E-state index contributed by atoms with van der Waals surface area (Å²) in [4.78, 5) is 14.2. The summed E-state index contributed by atoms with van der Waals surface area (Å²) in [6.45, 7) is 7.48. The number of nitrogens with zero attached hydrogens (tertiary/aromatic N) is 1. The number of hydrogen-bond acceptors (Lipinski definition) is 2. The van der Waals surface area contributed by atoms with Gasteiger partial charge >= 0.3 is 0 Å². The lowest BCUT2D eigenvalue weighted by atomic mass is 10.0. The van der Waals surface area contributed by atoms with E-state index < -0.39 is 0 Å². The summed E-state index contributed by atoms with van der Waals surface area (Å²) in [5.41, 5.74) is 2.60. The van der Waals surface area contributed by atoms with Crippen LogP contribution in [-0.2, 0) is 11.3 Å². The first-order valence-electron chi connectivity index (χ1n) is 8.24. The molecule has 3 nitrogen and oxygen atoms in total. The molecule has 0 aliphatic carbocycles. The minimum absolute atomic E-state index is 0.246. The van der Waals surface area contributed by atoms with Crippen molar-refractivity contribution in [2.75, 3.05) is 19.6 Å². The zero-order valence-electron chi connectivity index (χ0n) is 13.4. The van der Waals surface area contributed by atoms with E-state index >= 15 is 0 Å². The van der Waals surface area contributed by atoms with Crippen LogP contribution < -0.4 is 5.32 Å². The van der Waals surface area contributed by atoms with E-state index in [9.17, 15) is 4.79 Å². The molecule has 0 atom stereocenters. The van der Waals surface area contributed by atoms with E-state index in [1.165, 1.54) is 24.0 Å². The molecule has 1 fully saturated rings. The van der Waals surface area contributed by atoms with Gasteiger partial charge in [-0.05, 0) is 29.9 Å². The molecule has 1 aromatic rings. The number of amides is 1. The zero-order chi connectivity index (χ0) is 15.1. The van der Waals surface area contributed by atoms with E-state index in [1.807, 2.05) is 4.90 Å². The summed E-state index contributed by atoms with van der Waals surface area (Å²) >= 11 is 0. The highest BCUT2D eigenvalue weighted by Gasteiger charge is 2.14. The lowest BCUT2D eigenvalue weighted by Gasteiger charge is -2.20. The second kappa shape index (κ2) is 8.18. The molecule has 1 amide bonds. The number of rotatable bonds is 5. The molecule has 1 aliphatic rings. The van der Waals surface area contributed by atoms with Crippen LogP contribution in [0, 0.1) is 0 Å². The summed E-state index contributed by atoms with van der Waals surface area (Å²) in [6, 6.07) is 8.66. The maximum absolute atomic E-state index is 12.1. The zero-order valence-corrected chi connectivity index (χ0v) is 13.4. The Morgan fingerprint density at radius 3 is 2.29 bits per heavy atom. The molecule has 0 unspecified atom stereocenters. The van der Waals surface area contributed by atoms with E-state index in [2.05, 4.69) is 43.4 Å². The molecule has 1 N–H and O–H groups in total. The Hall–Kier alpha value is -1.35. The first-order chi connectivity index (χ1) is 10.2. The monoisotopic (exact) mass is 288 g/mol. The van der Waals surface area contributed by atoms with Crippen LogP contribution in [0.4, 0.5) is 0 Å². The number of hydrogen-bond donors (Lipinski definition) is 1. The van der Waals surface area contributed by atoms with Crippen LogP contribution in [0.1, 0.15) is 56.6 Å². The fourth-order valence-corrected chi connectivity index (χ4v) is 2.77. The van der Waals surface area contributed by atoms with Crippen LogP contribution in [0.5, 0.6) is 0 Å². The maximum Gasteiger partial charge on any atom is 0.236 e. The predicted octanol–water partition coefficient (Wildman–Crippen LogP) is 3.30. The van der Waals surface area contributed by atoms with Crippen molar-refractivity contribution in [2.24, 2.45) is 0 Å². The van der Waals surface area contributed by atoms with Gasteiger partial charge in [0.2, 0.25) is 5.91 Å². The molecule has 0 bridgehead atoms. The fraction of sp³-hybridized carbons (Fsp3) is 0.611. The normalized spacial score (nSPS) is 16.0. The third kappa shape index (κ3) is 5.16. The molecule has 0 saturated carbocycles. The molecule has 0 radical (unpaired) electrons. The van der Waals surface area contributed by atoms with Gasteiger partial charge in [0.05, 0.1) is 6.54 Å². The molecular weight excluding hydrogens is 260 g/mol. The minimum Gasteiger partial charge on any atom is -0.342 e. The van der Waals surface area contributed by atoms with E-state index in [0.717, 1.165) is 32.5 Å². The Balaban J connectivity index is 1.74. The van der Waals surface area contributed by atoms with Gasteiger partial charge in [0, 0.05) is 19.6 Å². The number of likely N-dealkylation sites (tertiary alicyclic amines) is 1. The van der Waals surface area contributed by atoms with Crippen molar-refractivity contribution in [3.05, 3.63) is 35.4 Å². The SMILES string of the molecule is CC(C)c1ccc(CNCC(=O)N2CCCCCC2)cc1. The van der Waals surface area contributed by atoms with E-state index in [-0.39, 0.29) is 5.91 Å². The second-order valence-electron chi connectivity index (χ2n) is 6.29. The summed E-state index contributed by atoms with van der Waals surface area (Å²) in [6.07, 6.45) is 4.84. The average Bonchev–Trinajstić information content (AvgIpc) is 2.77. The average molecular weight is 288 g/mol. The molecule has 2 rings (SSSR count). The highest BCUT2D eigenvalue weighted by Crippen LogP contribution is 2.14. The molecule has 3 heteroatoms. The minimum atomic E-state index is 0.246. The van der Waals surface area contributed by atoms with Gasteiger partial charge in [-0.15, -0.1) is 0 Å². The third-order valence-corrected chi connectivity index (χ3v) is 4.21. The van der Waals surface area contributed by atoms with Crippen LogP contribution in [0.2, 0.25) is 0 Å². The smallest absolute Gasteiger partial charge is 0.236 e. The number of carbonyl (C=O) groups is 1. The van der Waals surface area contributed by atoms with Gasteiger partial charge in [-0.2, -0.15) is 0 Å². The van der Waals surface area contributed by atoms with Gasteiger partial charge in [-0.25, -0.2) is 0 Å². The quantitative estimate of drug-likeness (QED) is 0.901. The van der Waals surface area contributed by atoms with Crippen molar-refractivity contribution in [3.8, 4) is 0 Å². The molecule has 1 aromatic carbocycles. The highest BCUT2D eigenvalue weighted by atomic mass is 16.2. The van der Waals surface area contributed by atoms with Crippen molar-refractivity contribution in [1.82, 2.24) is 10.2 Å². The molecule has 1 aliphatic heterocycles. The summed E-state index contributed by atoms with van der Waals surface area (Å²) in [7, 11) is 0. The van der Waals surface area contributed by atoms with Gasteiger partial charge in [0.25, 0.3) is 0 Å². The number of carbonyl (C=O) groups excluding carboxylic acids is 1.